The molecule has 0 aliphatic heterocycles. The molecule has 2 N–H and O–H groups in total. The third-order valence-electron chi connectivity index (χ3n) is 2.90. The Morgan fingerprint density at radius 2 is 1.82 bits per heavy atom. The first-order chi connectivity index (χ1) is 10.5. The molecule has 0 aliphatic carbocycles. The highest BCUT2D eigenvalue weighted by Gasteiger charge is 2.11. The van der Waals surface area contributed by atoms with E-state index >= 15 is 0 Å². The highest BCUT2D eigenvalue weighted by molar-refractivity contribution is 5.95. The van der Waals surface area contributed by atoms with Crippen molar-refractivity contribution >= 4 is 17.9 Å². The van der Waals surface area contributed by atoms with Crippen LogP contribution in [0.1, 0.15) is 30.9 Å². The number of amides is 3. The maximum Gasteiger partial charge on any atom is 0.321 e. The summed E-state index contributed by atoms with van der Waals surface area (Å²) >= 11 is 0. The number of ether oxygens (including phenoxy) is 1. The summed E-state index contributed by atoms with van der Waals surface area (Å²) in [6.07, 6.45) is 1.88. The van der Waals surface area contributed by atoms with Crippen LogP contribution in [0.15, 0.2) is 24.3 Å². The highest BCUT2D eigenvalue weighted by atomic mass is 16.5. The first-order valence-corrected chi connectivity index (χ1v) is 7.30. The van der Waals surface area contributed by atoms with Gasteiger partial charge in [-0.3, -0.25) is 14.9 Å². The number of hydrogen-bond donors (Lipinski definition) is 2. The number of urea groups is 1. The average Bonchev–Trinajstić information content (AvgIpc) is 2.48. The van der Waals surface area contributed by atoms with Crippen molar-refractivity contribution in [3.8, 4) is 0 Å². The minimum atomic E-state index is -0.647. The molecule has 6 heteroatoms. The summed E-state index contributed by atoms with van der Waals surface area (Å²) in [5.41, 5.74) is 1.92. The van der Waals surface area contributed by atoms with Gasteiger partial charge >= 0.3 is 12.0 Å². The number of carbonyl (C=O) groups excluding carboxylic acids is 3. The van der Waals surface area contributed by atoms with Gasteiger partial charge in [-0.1, -0.05) is 43.2 Å². The fourth-order valence-electron chi connectivity index (χ4n) is 1.66. The molecule has 0 bridgehead atoms. The lowest BCUT2D eigenvalue weighted by molar-refractivity contribution is -0.147. The van der Waals surface area contributed by atoms with E-state index in [1.807, 2.05) is 38.1 Å². The Morgan fingerprint density at radius 1 is 1.14 bits per heavy atom. The van der Waals surface area contributed by atoms with E-state index in [0.717, 1.165) is 24.0 Å². The van der Waals surface area contributed by atoms with Crippen LogP contribution in [-0.2, 0) is 20.7 Å². The van der Waals surface area contributed by atoms with Crippen molar-refractivity contribution in [2.75, 3.05) is 13.2 Å². The topological polar surface area (TPSA) is 84.5 Å². The van der Waals surface area contributed by atoms with Crippen LogP contribution < -0.4 is 10.6 Å². The van der Waals surface area contributed by atoms with Crippen molar-refractivity contribution in [1.29, 1.82) is 0 Å². The average molecular weight is 306 g/mol. The molecule has 0 aliphatic rings. The third-order valence-corrected chi connectivity index (χ3v) is 2.90. The summed E-state index contributed by atoms with van der Waals surface area (Å²) in [7, 11) is 0. The fraction of sp³-hybridized carbons (Fsp3) is 0.438. The smallest absolute Gasteiger partial charge is 0.321 e. The normalized spacial score (nSPS) is 9.91. The lowest BCUT2D eigenvalue weighted by Gasteiger charge is -2.07. The summed E-state index contributed by atoms with van der Waals surface area (Å²) in [5.74, 6) is -1.16. The van der Waals surface area contributed by atoms with Gasteiger partial charge < -0.3 is 10.1 Å². The second kappa shape index (κ2) is 9.55. The zero-order chi connectivity index (χ0) is 16.4. The van der Waals surface area contributed by atoms with E-state index in [1.165, 1.54) is 0 Å². The van der Waals surface area contributed by atoms with Gasteiger partial charge in [0.2, 0.25) is 0 Å². The van der Waals surface area contributed by atoms with E-state index in [0.29, 0.717) is 6.54 Å². The number of hydrogen-bond acceptors (Lipinski definition) is 4. The van der Waals surface area contributed by atoms with Crippen molar-refractivity contribution in [2.24, 2.45) is 0 Å². The molecule has 0 saturated heterocycles. The zero-order valence-electron chi connectivity index (χ0n) is 13.0. The molecule has 0 unspecified atom stereocenters. The van der Waals surface area contributed by atoms with Crippen LogP contribution in [0.4, 0.5) is 4.79 Å². The third kappa shape index (κ3) is 7.42. The van der Waals surface area contributed by atoms with Gasteiger partial charge in [0.25, 0.3) is 5.91 Å². The van der Waals surface area contributed by atoms with Crippen molar-refractivity contribution < 1.29 is 19.1 Å². The first kappa shape index (κ1) is 17.7. The Labute approximate surface area is 130 Å². The number of rotatable bonds is 7. The van der Waals surface area contributed by atoms with Crippen LogP contribution in [0.3, 0.4) is 0 Å². The van der Waals surface area contributed by atoms with Crippen LogP contribution in [0, 0.1) is 6.92 Å². The molecule has 0 fully saturated rings. The van der Waals surface area contributed by atoms with Crippen LogP contribution in [0.2, 0.25) is 0 Å². The summed E-state index contributed by atoms with van der Waals surface area (Å²) < 4.78 is 4.83. The molecule has 1 aromatic carbocycles. The van der Waals surface area contributed by atoms with Crippen molar-refractivity contribution in [1.82, 2.24) is 10.6 Å². The zero-order valence-corrected chi connectivity index (χ0v) is 13.0. The van der Waals surface area contributed by atoms with Crippen molar-refractivity contribution in [3.05, 3.63) is 35.4 Å². The number of imide groups is 1. The highest BCUT2D eigenvalue weighted by Crippen LogP contribution is 2.04. The predicted molar refractivity (Wildman–Crippen MR) is 82.3 cm³/mol. The van der Waals surface area contributed by atoms with Gasteiger partial charge in [0, 0.05) is 6.54 Å². The number of carbonyl (C=O) groups is 3. The fourth-order valence-corrected chi connectivity index (χ4v) is 1.66. The molecule has 22 heavy (non-hydrogen) atoms. The van der Waals surface area contributed by atoms with E-state index in [-0.39, 0.29) is 6.42 Å². The van der Waals surface area contributed by atoms with E-state index in [2.05, 4.69) is 10.6 Å². The second-order valence-electron chi connectivity index (χ2n) is 4.98. The Kier molecular flexibility index (Phi) is 7.67. The van der Waals surface area contributed by atoms with Gasteiger partial charge in [0.05, 0.1) is 6.42 Å². The lowest BCUT2D eigenvalue weighted by Crippen LogP contribution is -2.41. The minimum Gasteiger partial charge on any atom is -0.455 e. The maximum absolute atomic E-state index is 11.6. The number of nitrogens with one attached hydrogen (secondary N) is 2. The van der Waals surface area contributed by atoms with Gasteiger partial charge in [-0.2, -0.15) is 0 Å². The molecule has 1 aromatic rings. The van der Waals surface area contributed by atoms with Gasteiger partial charge in [0.15, 0.2) is 6.61 Å². The summed E-state index contributed by atoms with van der Waals surface area (Å²) in [4.78, 5) is 34.3. The monoisotopic (exact) mass is 306 g/mol. The number of esters is 1. The van der Waals surface area contributed by atoms with Crippen LogP contribution in [-0.4, -0.2) is 31.1 Å². The maximum atomic E-state index is 11.6. The Morgan fingerprint density at radius 3 is 2.45 bits per heavy atom. The van der Waals surface area contributed by atoms with E-state index < -0.39 is 24.5 Å². The van der Waals surface area contributed by atoms with Gasteiger partial charge in [-0.15, -0.1) is 0 Å². The van der Waals surface area contributed by atoms with Crippen molar-refractivity contribution in [3.63, 3.8) is 0 Å². The number of unbranched alkanes of at least 4 members (excludes halogenated alkanes) is 1. The molecule has 0 radical (unpaired) electrons. The molecule has 0 aromatic heterocycles. The molecule has 3 amide bonds. The Hall–Kier alpha value is -2.37. The van der Waals surface area contributed by atoms with Gasteiger partial charge in [0.1, 0.15) is 0 Å². The largest absolute Gasteiger partial charge is 0.455 e. The van der Waals surface area contributed by atoms with Crippen LogP contribution >= 0.6 is 0 Å². The molecule has 0 heterocycles. The van der Waals surface area contributed by atoms with Crippen LogP contribution in [0.25, 0.3) is 0 Å². The van der Waals surface area contributed by atoms with Gasteiger partial charge in [-0.05, 0) is 18.9 Å². The second-order valence-corrected chi connectivity index (χ2v) is 4.98. The predicted octanol–water partition coefficient (Wildman–Crippen LogP) is 1.71. The first-order valence-electron chi connectivity index (χ1n) is 7.30. The number of aryl methyl sites for hydroxylation is 1. The molecular formula is C16H22N2O4. The van der Waals surface area contributed by atoms with Gasteiger partial charge in [-0.25, -0.2) is 4.79 Å². The van der Waals surface area contributed by atoms with Crippen molar-refractivity contribution in [2.45, 2.75) is 33.1 Å². The molecule has 6 nitrogen and oxygen atoms in total. The molecule has 0 spiro atoms. The van der Waals surface area contributed by atoms with E-state index in [1.54, 1.807) is 0 Å². The summed E-state index contributed by atoms with van der Waals surface area (Å²) in [5, 5.41) is 4.64. The Balaban J connectivity index is 2.24. The number of benzene rings is 1. The summed E-state index contributed by atoms with van der Waals surface area (Å²) in [6.45, 7) is 3.99. The lowest BCUT2D eigenvalue weighted by atomic mass is 10.1. The van der Waals surface area contributed by atoms with Crippen LogP contribution in [0.5, 0.6) is 0 Å². The van der Waals surface area contributed by atoms with E-state index in [4.69, 9.17) is 4.74 Å². The van der Waals surface area contributed by atoms with E-state index in [9.17, 15) is 14.4 Å². The summed E-state index contributed by atoms with van der Waals surface area (Å²) in [6, 6.07) is 6.88. The molecule has 120 valence electrons. The molecule has 0 saturated carbocycles. The quantitative estimate of drug-likeness (QED) is 0.593. The molecule has 1 rings (SSSR count). The minimum absolute atomic E-state index is 0.0935. The molecular weight excluding hydrogens is 284 g/mol. The SMILES string of the molecule is CCCCNC(=O)NC(=O)COC(=O)Cc1ccc(C)cc1. The standard InChI is InChI=1S/C16H22N2O4/c1-3-4-9-17-16(21)18-14(19)11-22-15(20)10-13-7-5-12(2)6-8-13/h5-8H,3-4,9-11H2,1-2H3,(H2,17,18,19,21). The molecule has 0 atom stereocenters. The Bertz CT molecular complexity index is 511.